The van der Waals surface area contributed by atoms with E-state index >= 15 is 0 Å². The van der Waals surface area contributed by atoms with E-state index in [0.717, 1.165) is 20.9 Å². The summed E-state index contributed by atoms with van der Waals surface area (Å²) in [5.41, 5.74) is 2.65. The Bertz CT molecular complexity index is 913. The average molecular weight is 438 g/mol. The Labute approximate surface area is 150 Å². The van der Waals surface area contributed by atoms with Gasteiger partial charge in [0, 0.05) is 33.2 Å². The maximum atomic E-state index is 14.1. The lowest BCUT2D eigenvalue weighted by Crippen LogP contribution is -2.00. The van der Waals surface area contributed by atoms with Crippen molar-refractivity contribution in [2.24, 2.45) is 0 Å². The SMILES string of the molecule is Cc1cc(I)ccc1Nc1cc(F)c([N+](=O)[O-])cc1-c1ccn[nH]1. The van der Waals surface area contributed by atoms with Gasteiger partial charge in [0.1, 0.15) is 0 Å². The number of aryl methyl sites for hydroxylation is 1. The first kappa shape index (κ1) is 16.4. The lowest BCUT2D eigenvalue weighted by molar-refractivity contribution is -0.387. The van der Waals surface area contributed by atoms with Gasteiger partial charge in [0.25, 0.3) is 0 Å². The van der Waals surface area contributed by atoms with E-state index in [2.05, 4.69) is 38.1 Å². The molecular formula is C16H12FIN4O2. The van der Waals surface area contributed by atoms with E-state index in [1.54, 1.807) is 6.07 Å². The standard InChI is InChI=1S/C16H12FIN4O2/c1-9-6-10(18)2-3-13(9)20-15-8-12(17)16(22(23)24)7-11(15)14-4-5-19-21-14/h2-8,20H,1H3,(H,19,21). The fraction of sp³-hybridized carbons (Fsp3) is 0.0625. The maximum Gasteiger partial charge on any atom is 0.305 e. The lowest BCUT2D eigenvalue weighted by atomic mass is 10.1. The second-order valence-corrected chi connectivity index (χ2v) is 6.41. The van der Waals surface area contributed by atoms with Gasteiger partial charge in [-0.25, -0.2) is 0 Å². The van der Waals surface area contributed by atoms with Gasteiger partial charge in [0.15, 0.2) is 0 Å². The van der Waals surface area contributed by atoms with Crippen LogP contribution in [0.25, 0.3) is 11.3 Å². The molecule has 3 aromatic rings. The van der Waals surface area contributed by atoms with Crippen molar-refractivity contribution in [1.29, 1.82) is 0 Å². The van der Waals surface area contributed by atoms with Crippen molar-refractivity contribution in [1.82, 2.24) is 10.2 Å². The normalized spacial score (nSPS) is 10.6. The molecule has 0 unspecified atom stereocenters. The van der Waals surface area contributed by atoms with Crippen molar-refractivity contribution in [2.45, 2.75) is 6.92 Å². The van der Waals surface area contributed by atoms with E-state index in [0.29, 0.717) is 16.9 Å². The lowest BCUT2D eigenvalue weighted by Gasteiger charge is -2.14. The number of anilines is 2. The van der Waals surface area contributed by atoms with Crippen molar-refractivity contribution < 1.29 is 9.31 Å². The number of aromatic nitrogens is 2. The monoisotopic (exact) mass is 438 g/mol. The summed E-state index contributed by atoms with van der Waals surface area (Å²) in [4.78, 5) is 10.3. The van der Waals surface area contributed by atoms with Crippen molar-refractivity contribution in [3.05, 3.63) is 67.7 Å². The van der Waals surface area contributed by atoms with Crippen LogP contribution in [-0.4, -0.2) is 15.1 Å². The number of benzene rings is 2. The number of rotatable bonds is 4. The predicted molar refractivity (Wildman–Crippen MR) is 97.8 cm³/mol. The summed E-state index contributed by atoms with van der Waals surface area (Å²) in [5, 5.41) is 20.8. The van der Waals surface area contributed by atoms with Gasteiger partial charge in [0.05, 0.1) is 16.3 Å². The number of nitrogens with zero attached hydrogens (tertiary/aromatic N) is 2. The minimum absolute atomic E-state index is 0.423. The molecule has 6 nitrogen and oxygen atoms in total. The number of nitro benzene ring substituents is 1. The topological polar surface area (TPSA) is 83.8 Å². The first-order valence-electron chi connectivity index (χ1n) is 6.96. The van der Waals surface area contributed by atoms with Crippen molar-refractivity contribution in [3.63, 3.8) is 0 Å². The molecule has 0 fully saturated rings. The third kappa shape index (κ3) is 3.23. The third-order valence-corrected chi connectivity index (χ3v) is 4.20. The number of halogens is 2. The highest BCUT2D eigenvalue weighted by Crippen LogP contribution is 2.35. The van der Waals surface area contributed by atoms with Crippen LogP contribution in [0.2, 0.25) is 0 Å². The van der Waals surface area contributed by atoms with Crippen LogP contribution >= 0.6 is 22.6 Å². The van der Waals surface area contributed by atoms with E-state index < -0.39 is 16.4 Å². The van der Waals surface area contributed by atoms with Crippen LogP contribution in [-0.2, 0) is 0 Å². The number of aromatic amines is 1. The van der Waals surface area contributed by atoms with Gasteiger partial charge in [-0.1, -0.05) is 0 Å². The molecule has 0 atom stereocenters. The Morgan fingerprint density at radius 1 is 1.25 bits per heavy atom. The Kier molecular flexibility index (Phi) is 4.47. The highest BCUT2D eigenvalue weighted by Gasteiger charge is 2.20. The largest absolute Gasteiger partial charge is 0.355 e. The summed E-state index contributed by atoms with van der Waals surface area (Å²) in [6.45, 7) is 1.93. The molecular weight excluding hydrogens is 426 g/mol. The van der Waals surface area contributed by atoms with Gasteiger partial charge >= 0.3 is 5.69 Å². The van der Waals surface area contributed by atoms with E-state index in [4.69, 9.17) is 0 Å². The Hall–Kier alpha value is -2.49. The molecule has 2 aromatic carbocycles. The zero-order valence-electron chi connectivity index (χ0n) is 12.5. The summed E-state index contributed by atoms with van der Waals surface area (Å²) in [6.07, 6.45) is 1.53. The van der Waals surface area contributed by atoms with E-state index in [9.17, 15) is 14.5 Å². The molecule has 0 saturated carbocycles. The molecule has 1 aromatic heterocycles. The molecule has 0 amide bonds. The molecule has 0 aliphatic rings. The zero-order chi connectivity index (χ0) is 17.3. The number of H-pyrrole nitrogens is 1. The average Bonchev–Trinajstić information content (AvgIpc) is 3.04. The van der Waals surface area contributed by atoms with Crippen molar-refractivity contribution >= 4 is 39.7 Å². The molecule has 0 bridgehead atoms. The predicted octanol–water partition coefficient (Wildman–Crippen LogP) is 4.78. The zero-order valence-corrected chi connectivity index (χ0v) is 14.7. The molecule has 0 aliphatic heterocycles. The molecule has 1 heterocycles. The quantitative estimate of drug-likeness (QED) is 0.349. The Morgan fingerprint density at radius 3 is 2.67 bits per heavy atom. The van der Waals surface area contributed by atoms with Gasteiger partial charge in [-0.15, -0.1) is 0 Å². The molecule has 122 valence electrons. The molecule has 0 aliphatic carbocycles. The van der Waals surface area contributed by atoms with Gasteiger partial charge in [-0.2, -0.15) is 9.49 Å². The van der Waals surface area contributed by atoms with Crippen LogP contribution in [0.4, 0.5) is 21.5 Å². The molecule has 0 spiro atoms. The van der Waals surface area contributed by atoms with Gasteiger partial charge in [-0.3, -0.25) is 15.2 Å². The first-order chi connectivity index (χ1) is 11.5. The summed E-state index contributed by atoms with van der Waals surface area (Å²) >= 11 is 2.21. The van der Waals surface area contributed by atoms with E-state index in [1.165, 1.54) is 12.3 Å². The number of hydrogen-bond donors (Lipinski definition) is 2. The fourth-order valence-corrected chi connectivity index (χ4v) is 2.99. The minimum Gasteiger partial charge on any atom is -0.355 e. The highest BCUT2D eigenvalue weighted by atomic mass is 127. The summed E-state index contributed by atoms with van der Waals surface area (Å²) < 4.78 is 15.2. The third-order valence-electron chi connectivity index (χ3n) is 3.53. The molecule has 0 saturated heterocycles. The van der Waals surface area contributed by atoms with Gasteiger partial charge in [-0.05, 0) is 59.3 Å². The second kappa shape index (κ2) is 6.56. The first-order valence-corrected chi connectivity index (χ1v) is 8.04. The summed E-state index contributed by atoms with van der Waals surface area (Å²) in [7, 11) is 0. The van der Waals surface area contributed by atoms with E-state index in [1.807, 2.05) is 25.1 Å². The molecule has 2 N–H and O–H groups in total. The number of hydrogen-bond acceptors (Lipinski definition) is 4. The minimum atomic E-state index is -0.895. The Balaban J connectivity index is 2.12. The van der Waals surface area contributed by atoms with Crippen LogP contribution in [0.5, 0.6) is 0 Å². The number of nitrogens with one attached hydrogen (secondary N) is 2. The highest BCUT2D eigenvalue weighted by molar-refractivity contribution is 14.1. The second-order valence-electron chi connectivity index (χ2n) is 5.16. The molecule has 8 heteroatoms. The van der Waals surface area contributed by atoms with Gasteiger partial charge < -0.3 is 5.32 Å². The maximum absolute atomic E-state index is 14.1. The van der Waals surface area contributed by atoms with E-state index in [-0.39, 0.29) is 0 Å². The molecule has 24 heavy (non-hydrogen) atoms. The van der Waals surface area contributed by atoms with Crippen LogP contribution in [0.3, 0.4) is 0 Å². The summed E-state index contributed by atoms with van der Waals surface area (Å²) in [6, 6.07) is 9.79. The Morgan fingerprint density at radius 2 is 2.04 bits per heavy atom. The molecule has 0 radical (unpaired) electrons. The van der Waals surface area contributed by atoms with Crippen LogP contribution in [0.1, 0.15) is 5.56 Å². The van der Waals surface area contributed by atoms with Crippen molar-refractivity contribution in [2.75, 3.05) is 5.32 Å². The van der Waals surface area contributed by atoms with Crippen molar-refractivity contribution in [3.8, 4) is 11.3 Å². The summed E-state index contributed by atoms with van der Waals surface area (Å²) in [5.74, 6) is -0.895. The molecule has 3 rings (SSSR count). The van der Waals surface area contributed by atoms with Crippen LogP contribution in [0.15, 0.2) is 42.6 Å². The van der Waals surface area contributed by atoms with Crippen LogP contribution in [0, 0.1) is 26.4 Å². The van der Waals surface area contributed by atoms with Crippen LogP contribution < -0.4 is 5.32 Å². The van der Waals surface area contributed by atoms with Gasteiger partial charge in [0.2, 0.25) is 5.82 Å². The number of nitro groups is 1. The smallest absolute Gasteiger partial charge is 0.305 e. The fourth-order valence-electron chi connectivity index (χ4n) is 2.35.